The molecule has 4 nitrogen and oxygen atoms in total. The van der Waals surface area contributed by atoms with Crippen molar-refractivity contribution >= 4 is 15.7 Å². The van der Waals surface area contributed by atoms with E-state index in [4.69, 9.17) is 5.73 Å². The molecule has 0 aliphatic carbocycles. The highest BCUT2D eigenvalue weighted by molar-refractivity contribution is 7.89. The van der Waals surface area contributed by atoms with Crippen molar-refractivity contribution in [2.24, 2.45) is 0 Å². The third-order valence-electron chi connectivity index (χ3n) is 3.43. The van der Waals surface area contributed by atoms with Crippen molar-refractivity contribution in [3.63, 3.8) is 0 Å². The van der Waals surface area contributed by atoms with Gasteiger partial charge in [0.1, 0.15) is 0 Å². The SMILES string of the molecule is CCc1ccc(S(=O)(=O)N2CCC=C(C)C2)cc1N. The van der Waals surface area contributed by atoms with Crippen molar-refractivity contribution in [2.45, 2.75) is 31.6 Å². The molecule has 5 heteroatoms. The molecule has 0 unspecified atom stereocenters. The molecule has 0 fully saturated rings. The van der Waals surface area contributed by atoms with Crippen molar-refractivity contribution in [2.75, 3.05) is 18.8 Å². The minimum Gasteiger partial charge on any atom is -0.398 e. The van der Waals surface area contributed by atoms with Crippen LogP contribution in [0, 0.1) is 0 Å². The van der Waals surface area contributed by atoms with Crippen LogP contribution in [0.1, 0.15) is 25.8 Å². The molecule has 2 rings (SSSR count). The van der Waals surface area contributed by atoms with Crippen LogP contribution in [0.15, 0.2) is 34.7 Å². The number of sulfonamides is 1. The second-order valence-electron chi connectivity index (χ2n) is 4.89. The Hall–Kier alpha value is -1.33. The summed E-state index contributed by atoms with van der Waals surface area (Å²) in [7, 11) is -3.43. The summed E-state index contributed by atoms with van der Waals surface area (Å²) in [4.78, 5) is 0.289. The molecular weight excluding hydrogens is 260 g/mol. The Bertz CT molecular complexity index is 606. The summed E-state index contributed by atoms with van der Waals surface area (Å²) < 4.78 is 26.6. The molecule has 0 atom stereocenters. The number of anilines is 1. The number of aryl methyl sites for hydroxylation is 1. The molecular formula is C14H20N2O2S. The number of hydrogen-bond acceptors (Lipinski definition) is 3. The van der Waals surface area contributed by atoms with E-state index in [-0.39, 0.29) is 4.90 Å². The molecule has 2 N–H and O–H groups in total. The van der Waals surface area contributed by atoms with E-state index in [2.05, 4.69) is 6.08 Å². The van der Waals surface area contributed by atoms with Gasteiger partial charge in [0.15, 0.2) is 0 Å². The third-order valence-corrected chi connectivity index (χ3v) is 5.27. The van der Waals surface area contributed by atoms with Crippen LogP contribution in [-0.4, -0.2) is 25.8 Å². The zero-order valence-electron chi connectivity index (χ0n) is 11.4. The minimum absolute atomic E-state index is 0.289. The number of nitrogen functional groups attached to an aromatic ring is 1. The summed E-state index contributed by atoms with van der Waals surface area (Å²) in [5, 5.41) is 0. The molecule has 19 heavy (non-hydrogen) atoms. The Morgan fingerprint density at radius 2 is 2.11 bits per heavy atom. The smallest absolute Gasteiger partial charge is 0.243 e. The molecule has 0 saturated heterocycles. The lowest BCUT2D eigenvalue weighted by Gasteiger charge is -2.25. The zero-order valence-corrected chi connectivity index (χ0v) is 12.2. The van der Waals surface area contributed by atoms with Gasteiger partial charge < -0.3 is 5.73 Å². The average molecular weight is 280 g/mol. The first-order chi connectivity index (χ1) is 8.95. The number of nitrogens with two attached hydrogens (primary N) is 1. The topological polar surface area (TPSA) is 63.4 Å². The summed E-state index contributed by atoms with van der Waals surface area (Å²) in [6.45, 7) is 4.96. The highest BCUT2D eigenvalue weighted by atomic mass is 32.2. The number of benzene rings is 1. The lowest BCUT2D eigenvalue weighted by molar-refractivity contribution is 0.428. The average Bonchev–Trinajstić information content (AvgIpc) is 2.38. The summed E-state index contributed by atoms with van der Waals surface area (Å²) in [6, 6.07) is 5.02. The normalized spacial score (nSPS) is 17.3. The Morgan fingerprint density at radius 3 is 2.68 bits per heavy atom. The van der Waals surface area contributed by atoms with E-state index in [0.717, 1.165) is 24.0 Å². The van der Waals surface area contributed by atoms with Gasteiger partial charge in [-0.3, -0.25) is 0 Å². The van der Waals surface area contributed by atoms with Gasteiger partial charge in [-0.2, -0.15) is 4.31 Å². The van der Waals surface area contributed by atoms with E-state index in [1.54, 1.807) is 18.2 Å². The molecule has 0 spiro atoms. The van der Waals surface area contributed by atoms with Crippen molar-refractivity contribution in [3.8, 4) is 0 Å². The fourth-order valence-corrected chi connectivity index (χ4v) is 3.82. The Labute approximate surface area is 115 Å². The number of rotatable bonds is 3. The predicted octanol–water partition coefficient (Wildman–Crippen LogP) is 2.17. The van der Waals surface area contributed by atoms with E-state index >= 15 is 0 Å². The fraction of sp³-hybridized carbons (Fsp3) is 0.429. The lowest BCUT2D eigenvalue weighted by atomic mass is 10.1. The molecule has 1 aliphatic heterocycles. The number of nitrogens with zero attached hydrogens (tertiary/aromatic N) is 1. The second kappa shape index (κ2) is 5.35. The Balaban J connectivity index is 2.34. The third kappa shape index (κ3) is 2.82. The highest BCUT2D eigenvalue weighted by Gasteiger charge is 2.26. The van der Waals surface area contributed by atoms with E-state index in [9.17, 15) is 8.42 Å². The maximum atomic E-state index is 12.5. The van der Waals surface area contributed by atoms with Gasteiger partial charge in [0.2, 0.25) is 10.0 Å². The largest absolute Gasteiger partial charge is 0.398 e. The fourth-order valence-electron chi connectivity index (χ4n) is 2.29. The first-order valence-corrected chi connectivity index (χ1v) is 7.93. The van der Waals surface area contributed by atoms with Crippen LogP contribution in [0.3, 0.4) is 0 Å². The van der Waals surface area contributed by atoms with Gasteiger partial charge >= 0.3 is 0 Å². The van der Waals surface area contributed by atoms with Gasteiger partial charge in [0.25, 0.3) is 0 Å². The summed E-state index contributed by atoms with van der Waals surface area (Å²) in [5.41, 5.74) is 8.51. The van der Waals surface area contributed by atoms with Crippen molar-refractivity contribution in [1.29, 1.82) is 0 Å². The molecule has 104 valence electrons. The van der Waals surface area contributed by atoms with Crippen LogP contribution in [0.25, 0.3) is 0 Å². The summed E-state index contributed by atoms with van der Waals surface area (Å²) in [6.07, 6.45) is 3.66. The van der Waals surface area contributed by atoms with Crippen molar-refractivity contribution in [3.05, 3.63) is 35.4 Å². The molecule has 0 bridgehead atoms. The highest BCUT2D eigenvalue weighted by Crippen LogP contribution is 2.24. The van der Waals surface area contributed by atoms with E-state index < -0.39 is 10.0 Å². The second-order valence-corrected chi connectivity index (χ2v) is 6.83. The van der Waals surface area contributed by atoms with Gasteiger partial charge in [-0.05, 0) is 37.5 Å². The molecule has 1 aromatic rings. The van der Waals surface area contributed by atoms with Gasteiger partial charge in [-0.1, -0.05) is 24.6 Å². The molecule has 0 radical (unpaired) electrons. The monoisotopic (exact) mass is 280 g/mol. The van der Waals surface area contributed by atoms with Crippen LogP contribution in [0.2, 0.25) is 0 Å². The van der Waals surface area contributed by atoms with Crippen LogP contribution in [-0.2, 0) is 16.4 Å². The quantitative estimate of drug-likeness (QED) is 0.682. The Kier molecular flexibility index (Phi) is 3.96. The predicted molar refractivity (Wildman–Crippen MR) is 77.4 cm³/mol. The molecule has 0 amide bonds. The first kappa shape index (κ1) is 14.1. The van der Waals surface area contributed by atoms with E-state index in [0.29, 0.717) is 18.8 Å². The van der Waals surface area contributed by atoms with E-state index in [1.807, 2.05) is 13.8 Å². The van der Waals surface area contributed by atoms with Gasteiger partial charge in [-0.15, -0.1) is 0 Å². The number of hydrogen-bond donors (Lipinski definition) is 1. The van der Waals surface area contributed by atoms with Crippen molar-refractivity contribution in [1.82, 2.24) is 4.31 Å². The molecule has 0 saturated carbocycles. The maximum absolute atomic E-state index is 12.5. The zero-order chi connectivity index (χ0) is 14.0. The molecule has 1 heterocycles. The first-order valence-electron chi connectivity index (χ1n) is 6.49. The van der Waals surface area contributed by atoms with Gasteiger partial charge in [0, 0.05) is 18.8 Å². The van der Waals surface area contributed by atoms with Crippen LogP contribution in [0.5, 0.6) is 0 Å². The van der Waals surface area contributed by atoms with Crippen molar-refractivity contribution < 1.29 is 8.42 Å². The summed E-state index contributed by atoms with van der Waals surface area (Å²) in [5.74, 6) is 0. The molecule has 1 aliphatic rings. The van der Waals surface area contributed by atoms with Crippen LogP contribution in [0.4, 0.5) is 5.69 Å². The molecule has 1 aromatic carbocycles. The lowest BCUT2D eigenvalue weighted by Crippen LogP contribution is -2.35. The molecule has 0 aromatic heterocycles. The van der Waals surface area contributed by atoms with Gasteiger partial charge in [0.05, 0.1) is 4.90 Å². The summed E-state index contributed by atoms with van der Waals surface area (Å²) >= 11 is 0. The minimum atomic E-state index is -3.43. The standard InChI is InChI=1S/C14H20N2O2S/c1-3-12-6-7-13(9-14(12)15)19(17,18)16-8-4-5-11(2)10-16/h5-7,9H,3-4,8,10,15H2,1-2H3. The Morgan fingerprint density at radius 1 is 1.37 bits per heavy atom. The maximum Gasteiger partial charge on any atom is 0.243 e. The van der Waals surface area contributed by atoms with Crippen LogP contribution >= 0.6 is 0 Å². The van der Waals surface area contributed by atoms with Crippen LogP contribution < -0.4 is 5.73 Å². The van der Waals surface area contributed by atoms with Gasteiger partial charge in [-0.25, -0.2) is 8.42 Å². The van der Waals surface area contributed by atoms with E-state index in [1.165, 1.54) is 4.31 Å².